The van der Waals surface area contributed by atoms with Crippen LogP contribution in [-0.4, -0.2) is 37.2 Å². The lowest BCUT2D eigenvalue weighted by atomic mass is 10.2. The predicted octanol–water partition coefficient (Wildman–Crippen LogP) is 0.516. The maximum Gasteiger partial charge on any atom is 0.233 e. The minimum atomic E-state index is 0.433. The molecule has 15 heavy (non-hydrogen) atoms. The summed E-state index contributed by atoms with van der Waals surface area (Å²) < 4.78 is 5.01. The number of nitrogens with zero attached hydrogens (tertiary/aromatic N) is 3. The molecule has 1 heterocycles. The van der Waals surface area contributed by atoms with E-state index in [4.69, 9.17) is 10.5 Å². The van der Waals surface area contributed by atoms with Crippen LogP contribution < -0.4 is 15.4 Å². The van der Waals surface area contributed by atoms with Gasteiger partial charge < -0.3 is 15.4 Å². The van der Waals surface area contributed by atoms with Crippen LogP contribution in [0.25, 0.3) is 0 Å². The third kappa shape index (κ3) is 3.36. The molecule has 2 N–H and O–H groups in total. The molecule has 0 fully saturated rings. The third-order valence-electron chi connectivity index (χ3n) is 2.19. The lowest BCUT2D eigenvalue weighted by molar-refractivity contribution is 0.395. The van der Waals surface area contributed by atoms with Gasteiger partial charge in [0.2, 0.25) is 5.88 Å². The lowest BCUT2D eigenvalue weighted by Gasteiger charge is -2.21. The van der Waals surface area contributed by atoms with Gasteiger partial charge in [-0.2, -0.15) is 4.98 Å². The molecule has 0 radical (unpaired) electrons. The van der Waals surface area contributed by atoms with E-state index in [0.29, 0.717) is 18.3 Å². The van der Waals surface area contributed by atoms with E-state index in [9.17, 15) is 0 Å². The topological polar surface area (TPSA) is 64.3 Å². The molecule has 1 unspecified atom stereocenters. The summed E-state index contributed by atoms with van der Waals surface area (Å²) in [6, 6.07) is 0. The Morgan fingerprint density at radius 3 is 2.87 bits per heavy atom. The second-order valence-electron chi connectivity index (χ2n) is 3.64. The van der Waals surface area contributed by atoms with Crippen molar-refractivity contribution in [2.45, 2.75) is 6.92 Å². The van der Waals surface area contributed by atoms with Crippen LogP contribution >= 0.6 is 0 Å². The molecule has 1 rings (SSSR count). The number of nitrogens with two attached hydrogens (primary N) is 1. The number of anilines is 1. The van der Waals surface area contributed by atoms with Crippen molar-refractivity contribution in [2.75, 3.05) is 32.1 Å². The first-order valence-electron chi connectivity index (χ1n) is 4.94. The van der Waals surface area contributed by atoms with E-state index >= 15 is 0 Å². The summed E-state index contributed by atoms with van der Waals surface area (Å²) in [6.45, 7) is 3.63. The van der Waals surface area contributed by atoms with E-state index < -0.39 is 0 Å². The zero-order valence-electron chi connectivity index (χ0n) is 9.47. The summed E-state index contributed by atoms with van der Waals surface area (Å²) in [5.74, 6) is 1.76. The molecule has 0 saturated heterocycles. The monoisotopic (exact) mass is 210 g/mol. The van der Waals surface area contributed by atoms with Gasteiger partial charge in [-0.15, -0.1) is 0 Å². The molecule has 0 bridgehead atoms. The van der Waals surface area contributed by atoms with Crippen molar-refractivity contribution in [2.24, 2.45) is 11.7 Å². The Hall–Kier alpha value is -1.36. The maximum absolute atomic E-state index is 5.57. The summed E-state index contributed by atoms with van der Waals surface area (Å²) in [4.78, 5) is 10.3. The van der Waals surface area contributed by atoms with Crippen LogP contribution in [0.3, 0.4) is 0 Å². The highest BCUT2D eigenvalue weighted by Crippen LogP contribution is 2.13. The van der Waals surface area contributed by atoms with Crippen molar-refractivity contribution in [3.63, 3.8) is 0 Å². The highest BCUT2D eigenvalue weighted by atomic mass is 16.5. The van der Waals surface area contributed by atoms with Gasteiger partial charge in [0.1, 0.15) is 0 Å². The van der Waals surface area contributed by atoms with E-state index in [-0.39, 0.29) is 0 Å². The first-order valence-corrected chi connectivity index (χ1v) is 4.94. The molecular weight excluding hydrogens is 192 g/mol. The van der Waals surface area contributed by atoms with Gasteiger partial charge in [-0.05, 0) is 12.5 Å². The van der Waals surface area contributed by atoms with Crippen molar-refractivity contribution < 1.29 is 4.74 Å². The predicted molar refractivity (Wildman–Crippen MR) is 60.1 cm³/mol. The van der Waals surface area contributed by atoms with Crippen LogP contribution in [0.15, 0.2) is 12.4 Å². The van der Waals surface area contributed by atoms with Gasteiger partial charge in [0.15, 0.2) is 5.82 Å². The second kappa shape index (κ2) is 5.50. The van der Waals surface area contributed by atoms with E-state index in [1.807, 2.05) is 11.9 Å². The summed E-state index contributed by atoms with van der Waals surface area (Å²) in [7, 11) is 3.55. The Bertz CT molecular complexity index is 305. The molecule has 0 spiro atoms. The fourth-order valence-corrected chi connectivity index (χ4v) is 1.26. The smallest absolute Gasteiger partial charge is 0.233 e. The van der Waals surface area contributed by atoms with Crippen LogP contribution in [0.4, 0.5) is 5.82 Å². The highest BCUT2D eigenvalue weighted by Gasteiger charge is 2.08. The molecule has 5 nitrogen and oxygen atoms in total. The van der Waals surface area contributed by atoms with Gasteiger partial charge in [-0.25, -0.2) is 0 Å². The number of methoxy groups -OCH3 is 1. The van der Waals surface area contributed by atoms with Gasteiger partial charge in [-0.1, -0.05) is 6.92 Å². The molecule has 1 aromatic heterocycles. The van der Waals surface area contributed by atoms with Crippen molar-refractivity contribution in [1.82, 2.24) is 9.97 Å². The Morgan fingerprint density at radius 1 is 1.53 bits per heavy atom. The van der Waals surface area contributed by atoms with E-state index in [1.165, 1.54) is 0 Å². The van der Waals surface area contributed by atoms with Gasteiger partial charge in [0, 0.05) is 13.6 Å². The molecule has 0 aliphatic heterocycles. The van der Waals surface area contributed by atoms with Gasteiger partial charge in [-0.3, -0.25) is 4.98 Å². The largest absolute Gasteiger partial charge is 0.480 e. The van der Waals surface area contributed by atoms with E-state index in [1.54, 1.807) is 19.5 Å². The molecule has 0 aliphatic rings. The Balaban J connectivity index is 2.68. The number of aromatic nitrogens is 2. The molecular formula is C10H18N4O. The standard InChI is InChI=1S/C10H18N4O/c1-8(4-11)7-14(2)9-5-12-6-10(13-9)15-3/h5-6,8H,4,7,11H2,1-3H3. The molecule has 5 heteroatoms. The van der Waals surface area contributed by atoms with Crippen LogP contribution in [0.2, 0.25) is 0 Å². The lowest BCUT2D eigenvalue weighted by Crippen LogP contribution is -2.28. The first-order chi connectivity index (χ1) is 7.17. The third-order valence-corrected chi connectivity index (χ3v) is 2.19. The Morgan fingerprint density at radius 2 is 2.27 bits per heavy atom. The van der Waals surface area contributed by atoms with Crippen LogP contribution in [-0.2, 0) is 0 Å². The summed E-state index contributed by atoms with van der Waals surface area (Å²) in [5.41, 5.74) is 5.57. The number of ether oxygens (including phenoxy) is 1. The minimum Gasteiger partial charge on any atom is -0.480 e. The van der Waals surface area contributed by atoms with Gasteiger partial charge >= 0.3 is 0 Å². The van der Waals surface area contributed by atoms with Crippen molar-refractivity contribution in [3.05, 3.63) is 12.4 Å². The molecule has 84 valence electrons. The first kappa shape index (κ1) is 11.7. The average Bonchev–Trinajstić information content (AvgIpc) is 2.28. The quantitative estimate of drug-likeness (QED) is 0.767. The van der Waals surface area contributed by atoms with Crippen molar-refractivity contribution in [1.29, 1.82) is 0 Å². The summed E-state index contributed by atoms with van der Waals surface area (Å²) in [6.07, 6.45) is 3.30. The van der Waals surface area contributed by atoms with Crippen LogP contribution in [0.5, 0.6) is 5.88 Å². The molecule has 0 amide bonds. The maximum atomic E-state index is 5.57. The summed E-state index contributed by atoms with van der Waals surface area (Å²) in [5, 5.41) is 0. The van der Waals surface area contributed by atoms with Crippen LogP contribution in [0.1, 0.15) is 6.92 Å². The van der Waals surface area contributed by atoms with Crippen molar-refractivity contribution >= 4 is 5.82 Å². The van der Waals surface area contributed by atoms with Crippen LogP contribution in [0, 0.1) is 5.92 Å². The number of hydrogen-bond acceptors (Lipinski definition) is 5. The highest BCUT2D eigenvalue weighted by molar-refractivity contribution is 5.36. The fraction of sp³-hybridized carbons (Fsp3) is 0.600. The molecule has 0 saturated carbocycles. The molecule has 0 aliphatic carbocycles. The van der Waals surface area contributed by atoms with Crippen molar-refractivity contribution in [3.8, 4) is 5.88 Å². The van der Waals surface area contributed by atoms with E-state index in [2.05, 4.69) is 16.9 Å². The Labute approximate surface area is 90.3 Å². The normalized spacial score (nSPS) is 12.3. The number of hydrogen-bond donors (Lipinski definition) is 1. The van der Waals surface area contributed by atoms with Gasteiger partial charge in [0.25, 0.3) is 0 Å². The zero-order chi connectivity index (χ0) is 11.3. The zero-order valence-corrected chi connectivity index (χ0v) is 9.47. The fourth-order valence-electron chi connectivity index (χ4n) is 1.26. The molecule has 1 aromatic rings. The SMILES string of the molecule is COc1cncc(N(C)CC(C)CN)n1. The number of rotatable bonds is 5. The van der Waals surface area contributed by atoms with E-state index in [0.717, 1.165) is 12.4 Å². The van der Waals surface area contributed by atoms with Gasteiger partial charge in [0.05, 0.1) is 19.5 Å². The Kier molecular flexibility index (Phi) is 4.30. The summed E-state index contributed by atoms with van der Waals surface area (Å²) >= 11 is 0. The average molecular weight is 210 g/mol. The molecule has 1 atom stereocenters. The minimum absolute atomic E-state index is 0.433. The molecule has 0 aromatic carbocycles. The second-order valence-corrected chi connectivity index (χ2v) is 3.64.